The molecule has 7 heteroatoms. The van der Waals surface area contributed by atoms with Crippen molar-refractivity contribution in [3.8, 4) is 17.2 Å². The van der Waals surface area contributed by atoms with E-state index >= 15 is 0 Å². The van der Waals surface area contributed by atoms with Crippen LogP contribution in [0.1, 0.15) is 28.4 Å². The smallest absolute Gasteiger partial charge is 0.342 e. The summed E-state index contributed by atoms with van der Waals surface area (Å²) in [5.74, 6) is 0.0184. The molecule has 2 aromatic rings. The number of benzene rings is 2. The standard InChI is InChI=1S/C22H25NO6/c1-14(21(24)23-12-11-15-7-5-6-8-16(15)13-23)29-22(25)17-9-10-18(26-2)20(28-4)19(17)27-3/h5-10,14H,11-13H2,1-4H3/t14-/m0/s1. The third kappa shape index (κ3) is 4.13. The number of hydrogen-bond donors (Lipinski definition) is 0. The van der Waals surface area contributed by atoms with E-state index in [1.807, 2.05) is 18.2 Å². The topological polar surface area (TPSA) is 74.3 Å². The van der Waals surface area contributed by atoms with E-state index < -0.39 is 12.1 Å². The molecule has 1 aliphatic heterocycles. The highest BCUT2D eigenvalue weighted by atomic mass is 16.6. The lowest BCUT2D eigenvalue weighted by atomic mass is 9.99. The average molecular weight is 399 g/mol. The fourth-order valence-corrected chi connectivity index (χ4v) is 3.48. The zero-order valence-electron chi connectivity index (χ0n) is 17.1. The maximum absolute atomic E-state index is 12.8. The van der Waals surface area contributed by atoms with Crippen molar-refractivity contribution in [3.05, 3.63) is 53.1 Å². The average Bonchev–Trinajstić information content (AvgIpc) is 2.76. The molecular formula is C22H25NO6. The van der Waals surface area contributed by atoms with Gasteiger partial charge in [0.15, 0.2) is 17.6 Å². The van der Waals surface area contributed by atoms with E-state index in [1.165, 1.54) is 33.0 Å². The summed E-state index contributed by atoms with van der Waals surface area (Å²) in [6, 6.07) is 11.2. The Labute approximate surface area is 170 Å². The number of ether oxygens (including phenoxy) is 4. The Hall–Kier alpha value is -3.22. The quantitative estimate of drug-likeness (QED) is 0.696. The van der Waals surface area contributed by atoms with E-state index in [4.69, 9.17) is 18.9 Å². The summed E-state index contributed by atoms with van der Waals surface area (Å²) in [4.78, 5) is 27.3. The molecule has 0 aliphatic carbocycles. The number of rotatable bonds is 6. The number of methoxy groups -OCH3 is 3. The first kappa shape index (κ1) is 20.5. The molecule has 3 rings (SSSR count). The molecule has 2 aromatic carbocycles. The van der Waals surface area contributed by atoms with Crippen molar-refractivity contribution in [2.45, 2.75) is 26.0 Å². The van der Waals surface area contributed by atoms with Gasteiger partial charge in [0.2, 0.25) is 5.75 Å². The van der Waals surface area contributed by atoms with Gasteiger partial charge in [-0.2, -0.15) is 0 Å². The third-order valence-electron chi connectivity index (χ3n) is 5.00. The molecular weight excluding hydrogens is 374 g/mol. The number of amides is 1. The van der Waals surface area contributed by atoms with Gasteiger partial charge in [-0.15, -0.1) is 0 Å². The van der Waals surface area contributed by atoms with Gasteiger partial charge < -0.3 is 23.8 Å². The van der Waals surface area contributed by atoms with Gasteiger partial charge in [-0.1, -0.05) is 24.3 Å². The summed E-state index contributed by atoms with van der Waals surface area (Å²) in [6.45, 7) is 2.68. The van der Waals surface area contributed by atoms with E-state index in [-0.39, 0.29) is 23.0 Å². The third-order valence-corrected chi connectivity index (χ3v) is 5.00. The van der Waals surface area contributed by atoms with E-state index in [0.717, 1.165) is 12.0 Å². The highest BCUT2D eigenvalue weighted by molar-refractivity contribution is 5.96. The van der Waals surface area contributed by atoms with Crippen LogP contribution in [0.15, 0.2) is 36.4 Å². The van der Waals surface area contributed by atoms with Crippen molar-refractivity contribution >= 4 is 11.9 Å². The SMILES string of the molecule is COc1ccc(C(=O)O[C@@H](C)C(=O)N2CCc3ccccc3C2)c(OC)c1OC. The molecule has 0 spiro atoms. The lowest BCUT2D eigenvalue weighted by Gasteiger charge is -2.30. The summed E-state index contributed by atoms with van der Waals surface area (Å²) in [7, 11) is 4.37. The molecule has 0 N–H and O–H groups in total. The van der Waals surface area contributed by atoms with Crippen LogP contribution in [0.25, 0.3) is 0 Å². The van der Waals surface area contributed by atoms with Gasteiger partial charge in [0, 0.05) is 13.1 Å². The van der Waals surface area contributed by atoms with Crippen molar-refractivity contribution in [1.29, 1.82) is 0 Å². The van der Waals surface area contributed by atoms with Crippen LogP contribution in [0, 0.1) is 0 Å². The normalized spacial score (nSPS) is 13.9. The van der Waals surface area contributed by atoms with Gasteiger partial charge in [-0.05, 0) is 36.6 Å². The Bertz CT molecular complexity index is 910. The molecule has 0 saturated carbocycles. The van der Waals surface area contributed by atoms with Crippen molar-refractivity contribution in [2.24, 2.45) is 0 Å². The minimum Gasteiger partial charge on any atom is -0.493 e. The number of hydrogen-bond acceptors (Lipinski definition) is 6. The minimum atomic E-state index is -0.925. The molecule has 1 aliphatic rings. The van der Waals surface area contributed by atoms with Gasteiger partial charge in [-0.3, -0.25) is 4.79 Å². The van der Waals surface area contributed by atoms with Crippen LogP contribution < -0.4 is 14.2 Å². The number of fused-ring (bicyclic) bond motifs is 1. The van der Waals surface area contributed by atoms with Crippen molar-refractivity contribution in [1.82, 2.24) is 4.90 Å². The van der Waals surface area contributed by atoms with E-state index in [0.29, 0.717) is 18.8 Å². The number of esters is 1. The maximum atomic E-state index is 12.8. The van der Waals surface area contributed by atoms with Gasteiger partial charge in [0.05, 0.1) is 21.3 Å². The Morgan fingerprint density at radius 3 is 2.28 bits per heavy atom. The minimum absolute atomic E-state index is 0.161. The Balaban J connectivity index is 1.73. The van der Waals surface area contributed by atoms with Gasteiger partial charge in [0.25, 0.3) is 5.91 Å². The van der Waals surface area contributed by atoms with Crippen LogP contribution in [0.4, 0.5) is 0 Å². The number of carbonyl (C=O) groups is 2. The van der Waals surface area contributed by atoms with Crippen LogP contribution >= 0.6 is 0 Å². The first-order valence-corrected chi connectivity index (χ1v) is 9.35. The first-order chi connectivity index (χ1) is 14.0. The van der Waals surface area contributed by atoms with Crippen molar-refractivity contribution < 1.29 is 28.5 Å². The predicted molar refractivity (Wildman–Crippen MR) is 107 cm³/mol. The summed E-state index contributed by atoms with van der Waals surface area (Å²) in [6.07, 6.45) is -0.142. The van der Waals surface area contributed by atoms with E-state index in [2.05, 4.69) is 6.07 Å². The molecule has 0 fully saturated rings. The van der Waals surface area contributed by atoms with Gasteiger partial charge in [0.1, 0.15) is 5.56 Å². The van der Waals surface area contributed by atoms with Crippen LogP contribution in [-0.4, -0.2) is 50.8 Å². The van der Waals surface area contributed by atoms with Crippen LogP contribution in [-0.2, 0) is 22.5 Å². The molecule has 0 radical (unpaired) electrons. The zero-order chi connectivity index (χ0) is 21.0. The largest absolute Gasteiger partial charge is 0.493 e. The second-order valence-electron chi connectivity index (χ2n) is 6.71. The fourth-order valence-electron chi connectivity index (χ4n) is 3.48. The summed E-state index contributed by atoms with van der Waals surface area (Å²) >= 11 is 0. The molecule has 0 bridgehead atoms. The second-order valence-corrected chi connectivity index (χ2v) is 6.71. The predicted octanol–water partition coefficient (Wildman–Crippen LogP) is 2.84. The molecule has 7 nitrogen and oxygen atoms in total. The van der Waals surface area contributed by atoms with Gasteiger partial charge in [-0.25, -0.2) is 4.79 Å². The summed E-state index contributed by atoms with van der Waals surface area (Å²) < 4.78 is 21.3. The zero-order valence-corrected chi connectivity index (χ0v) is 17.1. The lowest BCUT2D eigenvalue weighted by Crippen LogP contribution is -2.42. The molecule has 154 valence electrons. The van der Waals surface area contributed by atoms with Crippen molar-refractivity contribution in [2.75, 3.05) is 27.9 Å². The monoisotopic (exact) mass is 399 g/mol. The first-order valence-electron chi connectivity index (χ1n) is 9.35. The Kier molecular flexibility index (Phi) is 6.26. The molecule has 1 amide bonds. The van der Waals surface area contributed by atoms with Crippen LogP contribution in [0.5, 0.6) is 17.2 Å². The summed E-state index contributed by atoms with van der Waals surface area (Å²) in [5, 5.41) is 0. The van der Waals surface area contributed by atoms with E-state index in [9.17, 15) is 9.59 Å². The maximum Gasteiger partial charge on any atom is 0.342 e. The van der Waals surface area contributed by atoms with Crippen LogP contribution in [0.3, 0.4) is 0 Å². The van der Waals surface area contributed by atoms with E-state index in [1.54, 1.807) is 17.9 Å². The molecule has 0 unspecified atom stereocenters. The van der Waals surface area contributed by atoms with Crippen LogP contribution in [0.2, 0.25) is 0 Å². The Morgan fingerprint density at radius 1 is 0.931 bits per heavy atom. The summed E-state index contributed by atoms with van der Waals surface area (Å²) in [5.41, 5.74) is 2.53. The molecule has 0 saturated heterocycles. The molecule has 1 atom stereocenters. The Morgan fingerprint density at radius 2 is 1.62 bits per heavy atom. The highest BCUT2D eigenvalue weighted by Crippen LogP contribution is 2.40. The van der Waals surface area contributed by atoms with Crippen molar-refractivity contribution in [3.63, 3.8) is 0 Å². The van der Waals surface area contributed by atoms with Gasteiger partial charge >= 0.3 is 5.97 Å². The molecule has 29 heavy (non-hydrogen) atoms. The second kappa shape index (κ2) is 8.86. The lowest BCUT2D eigenvalue weighted by molar-refractivity contribution is -0.140. The number of nitrogens with zero attached hydrogens (tertiary/aromatic N) is 1. The molecule has 0 aromatic heterocycles. The fraction of sp³-hybridized carbons (Fsp3) is 0.364. The highest BCUT2D eigenvalue weighted by Gasteiger charge is 2.29. The molecule has 1 heterocycles. The number of carbonyl (C=O) groups excluding carboxylic acids is 2.